The van der Waals surface area contributed by atoms with Crippen molar-refractivity contribution in [3.8, 4) is 5.75 Å². The molecule has 0 bridgehead atoms. The lowest BCUT2D eigenvalue weighted by Gasteiger charge is -2.32. The zero-order valence-electron chi connectivity index (χ0n) is 18.9. The van der Waals surface area contributed by atoms with Gasteiger partial charge < -0.3 is 18.8 Å². The summed E-state index contributed by atoms with van der Waals surface area (Å²) in [6, 6.07) is 15.1. The normalized spacial score (nSPS) is 17.6. The highest BCUT2D eigenvalue weighted by molar-refractivity contribution is 6.63. The molecule has 2 aromatic rings. The van der Waals surface area contributed by atoms with E-state index in [1.54, 1.807) is 12.1 Å². The third-order valence-corrected chi connectivity index (χ3v) is 5.39. The van der Waals surface area contributed by atoms with E-state index in [0.717, 1.165) is 11.0 Å². The van der Waals surface area contributed by atoms with Crippen molar-refractivity contribution in [3.05, 3.63) is 59.7 Å². The Hall–Kier alpha value is -2.31. The Balaban J connectivity index is 1.92. The van der Waals surface area contributed by atoms with E-state index in [2.05, 4.69) is 0 Å². The standard InChI is InChI=1S/C24H31BO5/c1-22(2,3)28-21(26)18-13-14-19(25-29-23(4,5)24(6,7)30-25)20(15-18)27-16-17-11-9-8-10-12-17/h8-15H,16H2,1-7H3. The Kier molecular flexibility index (Phi) is 6.03. The fourth-order valence-corrected chi connectivity index (χ4v) is 3.02. The van der Waals surface area contributed by atoms with Gasteiger partial charge in [0, 0.05) is 5.46 Å². The Morgan fingerprint density at radius 2 is 1.57 bits per heavy atom. The molecule has 1 fully saturated rings. The van der Waals surface area contributed by atoms with Gasteiger partial charge in [0.15, 0.2) is 0 Å². The molecule has 3 rings (SSSR count). The van der Waals surface area contributed by atoms with Crippen molar-refractivity contribution in [2.45, 2.75) is 71.9 Å². The zero-order valence-corrected chi connectivity index (χ0v) is 18.9. The first-order valence-electron chi connectivity index (χ1n) is 10.3. The third-order valence-electron chi connectivity index (χ3n) is 5.39. The highest BCUT2D eigenvalue weighted by atomic mass is 16.7. The minimum Gasteiger partial charge on any atom is -0.489 e. The van der Waals surface area contributed by atoms with E-state index in [0.29, 0.717) is 17.9 Å². The summed E-state index contributed by atoms with van der Waals surface area (Å²) in [5.41, 5.74) is 0.674. The molecular formula is C24H31BO5. The number of carbonyl (C=O) groups excluding carboxylic acids is 1. The molecule has 0 radical (unpaired) electrons. The molecule has 1 saturated heterocycles. The smallest absolute Gasteiger partial charge is 0.489 e. The summed E-state index contributed by atoms with van der Waals surface area (Å²) in [7, 11) is -0.589. The second kappa shape index (κ2) is 8.08. The van der Waals surface area contributed by atoms with Crippen molar-refractivity contribution >= 4 is 18.6 Å². The molecule has 160 valence electrons. The first kappa shape index (κ1) is 22.4. The molecule has 2 aromatic carbocycles. The molecule has 6 heteroatoms. The van der Waals surface area contributed by atoms with Crippen LogP contribution in [0.3, 0.4) is 0 Å². The maximum atomic E-state index is 12.6. The highest BCUT2D eigenvalue weighted by Crippen LogP contribution is 2.37. The largest absolute Gasteiger partial charge is 0.498 e. The summed E-state index contributed by atoms with van der Waals surface area (Å²) in [4.78, 5) is 12.6. The van der Waals surface area contributed by atoms with Gasteiger partial charge in [0.1, 0.15) is 18.0 Å². The maximum Gasteiger partial charge on any atom is 0.498 e. The van der Waals surface area contributed by atoms with Gasteiger partial charge in [-0.3, -0.25) is 0 Å². The van der Waals surface area contributed by atoms with Gasteiger partial charge in [0.05, 0.1) is 16.8 Å². The van der Waals surface area contributed by atoms with Gasteiger partial charge in [-0.25, -0.2) is 4.79 Å². The minimum absolute atomic E-state index is 0.366. The number of esters is 1. The molecule has 0 unspecified atom stereocenters. The predicted octanol–water partition coefficient (Wildman–Crippen LogP) is 4.52. The van der Waals surface area contributed by atoms with Crippen LogP contribution in [0.15, 0.2) is 48.5 Å². The molecule has 0 atom stereocenters. The van der Waals surface area contributed by atoms with Crippen molar-refractivity contribution < 1.29 is 23.6 Å². The first-order valence-corrected chi connectivity index (χ1v) is 10.3. The molecule has 0 aromatic heterocycles. The van der Waals surface area contributed by atoms with Crippen LogP contribution < -0.4 is 10.2 Å². The molecule has 30 heavy (non-hydrogen) atoms. The van der Waals surface area contributed by atoms with Gasteiger partial charge in [0.25, 0.3) is 0 Å². The van der Waals surface area contributed by atoms with E-state index in [-0.39, 0.29) is 0 Å². The average molecular weight is 410 g/mol. The van der Waals surface area contributed by atoms with Crippen LogP contribution in [0.25, 0.3) is 0 Å². The first-order chi connectivity index (χ1) is 13.9. The van der Waals surface area contributed by atoms with Crippen LogP contribution >= 0.6 is 0 Å². The lowest BCUT2D eigenvalue weighted by atomic mass is 9.78. The molecule has 1 aliphatic heterocycles. The van der Waals surface area contributed by atoms with Crippen molar-refractivity contribution in [2.75, 3.05) is 0 Å². The van der Waals surface area contributed by atoms with Crippen LogP contribution in [-0.2, 0) is 20.7 Å². The fraction of sp³-hybridized carbons (Fsp3) is 0.458. The topological polar surface area (TPSA) is 54.0 Å². The van der Waals surface area contributed by atoms with Crippen LogP contribution in [0.4, 0.5) is 0 Å². The van der Waals surface area contributed by atoms with Crippen molar-refractivity contribution in [3.63, 3.8) is 0 Å². The van der Waals surface area contributed by atoms with Crippen molar-refractivity contribution in [1.29, 1.82) is 0 Å². The monoisotopic (exact) mass is 410 g/mol. The van der Waals surface area contributed by atoms with Gasteiger partial charge in [-0.05, 0) is 66.2 Å². The molecule has 0 N–H and O–H groups in total. The van der Waals surface area contributed by atoms with Crippen LogP contribution in [0.2, 0.25) is 0 Å². The number of benzene rings is 2. The molecule has 0 aliphatic carbocycles. The SMILES string of the molecule is CC(C)(C)OC(=O)c1ccc(B2OC(C)(C)C(C)(C)O2)c(OCc2ccccc2)c1. The zero-order chi connectivity index (χ0) is 22.2. The van der Waals surface area contributed by atoms with Gasteiger partial charge in [-0.1, -0.05) is 36.4 Å². The van der Waals surface area contributed by atoms with Crippen LogP contribution in [-0.4, -0.2) is 29.9 Å². The van der Waals surface area contributed by atoms with E-state index in [4.69, 9.17) is 18.8 Å². The number of rotatable bonds is 5. The Morgan fingerprint density at radius 1 is 0.967 bits per heavy atom. The van der Waals surface area contributed by atoms with Gasteiger partial charge >= 0.3 is 13.1 Å². The Morgan fingerprint density at radius 3 is 2.13 bits per heavy atom. The van der Waals surface area contributed by atoms with E-state index >= 15 is 0 Å². The summed E-state index contributed by atoms with van der Waals surface area (Å²) >= 11 is 0. The molecule has 1 aliphatic rings. The molecule has 0 spiro atoms. The summed E-state index contributed by atoms with van der Waals surface area (Å²) in [6.07, 6.45) is 0. The molecule has 5 nitrogen and oxygen atoms in total. The molecule has 1 heterocycles. The quantitative estimate of drug-likeness (QED) is 0.536. The van der Waals surface area contributed by atoms with Crippen LogP contribution in [0.1, 0.15) is 64.4 Å². The lowest BCUT2D eigenvalue weighted by molar-refractivity contribution is 0.00578. The minimum atomic E-state index is -0.589. The number of ether oxygens (including phenoxy) is 2. The number of hydrogen-bond donors (Lipinski definition) is 0. The van der Waals surface area contributed by atoms with E-state index in [1.807, 2.05) is 84.9 Å². The van der Waals surface area contributed by atoms with Gasteiger partial charge in [-0.2, -0.15) is 0 Å². The number of carbonyl (C=O) groups is 1. The number of hydrogen-bond acceptors (Lipinski definition) is 5. The van der Waals surface area contributed by atoms with E-state index in [9.17, 15) is 4.79 Å². The van der Waals surface area contributed by atoms with Crippen LogP contribution in [0, 0.1) is 0 Å². The Labute approximate surface area is 179 Å². The van der Waals surface area contributed by atoms with Gasteiger partial charge in [-0.15, -0.1) is 0 Å². The second-order valence-electron chi connectivity index (χ2n) is 9.62. The fourth-order valence-electron chi connectivity index (χ4n) is 3.02. The average Bonchev–Trinajstić information content (AvgIpc) is 2.86. The second-order valence-corrected chi connectivity index (χ2v) is 9.62. The molecular weight excluding hydrogens is 379 g/mol. The Bertz CT molecular complexity index is 884. The van der Waals surface area contributed by atoms with Crippen LogP contribution in [0.5, 0.6) is 5.75 Å². The summed E-state index contributed by atoms with van der Waals surface area (Å²) in [5, 5.41) is 0. The third kappa shape index (κ3) is 5.05. The molecule has 0 amide bonds. The summed E-state index contributed by atoms with van der Waals surface area (Å²) in [5.74, 6) is 0.147. The van der Waals surface area contributed by atoms with Crippen molar-refractivity contribution in [1.82, 2.24) is 0 Å². The highest BCUT2D eigenvalue weighted by Gasteiger charge is 2.52. The summed E-state index contributed by atoms with van der Waals surface area (Å²) in [6.45, 7) is 13.9. The molecule has 0 saturated carbocycles. The van der Waals surface area contributed by atoms with Crippen molar-refractivity contribution in [2.24, 2.45) is 0 Å². The predicted molar refractivity (Wildman–Crippen MR) is 118 cm³/mol. The maximum absolute atomic E-state index is 12.6. The summed E-state index contributed by atoms with van der Waals surface area (Å²) < 4.78 is 24.1. The van der Waals surface area contributed by atoms with E-state index in [1.165, 1.54) is 0 Å². The van der Waals surface area contributed by atoms with E-state index < -0.39 is 29.9 Å². The van der Waals surface area contributed by atoms with Gasteiger partial charge in [0.2, 0.25) is 0 Å². The lowest BCUT2D eigenvalue weighted by Crippen LogP contribution is -2.41.